The van der Waals surface area contributed by atoms with Crippen LogP contribution in [-0.2, 0) is 4.74 Å². The topological polar surface area (TPSA) is 63.4 Å². The van der Waals surface area contributed by atoms with Gasteiger partial charge in [-0.1, -0.05) is 11.2 Å². The molecule has 0 bridgehead atoms. The molecule has 1 aliphatic heterocycles. The van der Waals surface area contributed by atoms with Crippen LogP contribution in [0.4, 0.5) is 6.01 Å². The van der Waals surface area contributed by atoms with E-state index in [1.54, 1.807) is 11.3 Å². The van der Waals surface area contributed by atoms with E-state index in [0.717, 1.165) is 38.7 Å². The summed E-state index contributed by atoms with van der Waals surface area (Å²) in [6.07, 6.45) is 2.37. The molecule has 3 heterocycles. The predicted molar refractivity (Wildman–Crippen MR) is 84.2 cm³/mol. The highest BCUT2D eigenvalue weighted by atomic mass is 32.1. The van der Waals surface area contributed by atoms with E-state index in [1.807, 2.05) is 0 Å². The van der Waals surface area contributed by atoms with Crippen molar-refractivity contribution in [1.82, 2.24) is 15.0 Å². The van der Waals surface area contributed by atoms with Crippen LogP contribution in [0.1, 0.15) is 35.5 Å². The lowest BCUT2D eigenvalue weighted by Crippen LogP contribution is -2.41. The maximum Gasteiger partial charge on any atom is 0.321 e. The molecule has 0 radical (unpaired) electrons. The third kappa shape index (κ3) is 3.16. The molecule has 22 heavy (non-hydrogen) atoms. The van der Waals surface area contributed by atoms with E-state index in [1.165, 1.54) is 17.7 Å². The van der Waals surface area contributed by atoms with Crippen LogP contribution in [0.25, 0.3) is 0 Å². The molecule has 4 rings (SSSR count). The second-order valence-corrected chi connectivity index (χ2v) is 6.77. The number of anilines is 1. The molecule has 2 fully saturated rings. The van der Waals surface area contributed by atoms with Crippen LogP contribution >= 0.6 is 11.3 Å². The SMILES string of the molecule is c1csc(C(CNc2nc(C3CC3)no2)N2CCOCC2)c1. The summed E-state index contributed by atoms with van der Waals surface area (Å²) in [7, 11) is 0. The number of morpholine rings is 1. The first-order valence-corrected chi connectivity index (χ1v) is 8.71. The zero-order chi connectivity index (χ0) is 14.8. The Hall–Kier alpha value is -1.44. The summed E-state index contributed by atoms with van der Waals surface area (Å²) in [4.78, 5) is 8.26. The Labute approximate surface area is 133 Å². The molecule has 7 heteroatoms. The van der Waals surface area contributed by atoms with E-state index in [-0.39, 0.29) is 0 Å². The summed E-state index contributed by atoms with van der Waals surface area (Å²) in [5.41, 5.74) is 0. The van der Waals surface area contributed by atoms with E-state index in [2.05, 4.69) is 37.9 Å². The Balaban J connectivity index is 1.43. The summed E-state index contributed by atoms with van der Waals surface area (Å²) >= 11 is 1.79. The van der Waals surface area contributed by atoms with Crippen molar-refractivity contribution < 1.29 is 9.26 Å². The fraction of sp³-hybridized carbons (Fsp3) is 0.600. The highest BCUT2D eigenvalue weighted by molar-refractivity contribution is 7.10. The molecular formula is C15H20N4O2S. The van der Waals surface area contributed by atoms with Crippen molar-refractivity contribution in [3.8, 4) is 0 Å². The molecule has 0 aromatic carbocycles. The molecule has 118 valence electrons. The standard InChI is InChI=1S/C15H20N4O2S/c1-2-13(22-9-1)12(19-5-7-20-8-6-19)10-16-15-17-14(18-21-15)11-3-4-11/h1-2,9,11-12H,3-8,10H2,(H,16,17,18). The monoisotopic (exact) mass is 320 g/mol. The highest BCUT2D eigenvalue weighted by Gasteiger charge is 2.29. The quantitative estimate of drug-likeness (QED) is 0.882. The first-order valence-electron chi connectivity index (χ1n) is 7.83. The lowest BCUT2D eigenvalue weighted by molar-refractivity contribution is 0.0193. The zero-order valence-electron chi connectivity index (χ0n) is 12.4. The van der Waals surface area contributed by atoms with Gasteiger partial charge in [0.05, 0.1) is 19.3 Å². The van der Waals surface area contributed by atoms with Crippen molar-refractivity contribution in [1.29, 1.82) is 0 Å². The molecule has 0 amide bonds. The van der Waals surface area contributed by atoms with Gasteiger partial charge in [0, 0.05) is 30.4 Å². The van der Waals surface area contributed by atoms with Gasteiger partial charge < -0.3 is 14.6 Å². The molecule has 1 aliphatic carbocycles. The minimum Gasteiger partial charge on any atom is -0.379 e. The number of aromatic nitrogens is 2. The molecule has 1 atom stereocenters. The van der Waals surface area contributed by atoms with Crippen LogP contribution in [0.3, 0.4) is 0 Å². The summed E-state index contributed by atoms with van der Waals surface area (Å²) in [6.45, 7) is 4.29. The van der Waals surface area contributed by atoms with Gasteiger partial charge in [-0.25, -0.2) is 0 Å². The molecule has 0 spiro atoms. The number of ether oxygens (including phenoxy) is 1. The van der Waals surface area contributed by atoms with E-state index < -0.39 is 0 Å². The molecule has 1 saturated carbocycles. The first kappa shape index (κ1) is 14.2. The van der Waals surface area contributed by atoms with Crippen molar-refractivity contribution in [3.63, 3.8) is 0 Å². The van der Waals surface area contributed by atoms with Gasteiger partial charge in [0.2, 0.25) is 0 Å². The normalized spacial score (nSPS) is 20.9. The third-order valence-electron chi connectivity index (χ3n) is 4.19. The van der Waals surface area contributed by atoms with Crippen molar-refractivity contribution in [3.05, 3.63) is 28.2 Å². The number of thiophene rings is 1. The maximum atomic E-state index is 5.47. The van der Waals surface area contributed by atoms with E-state index >= 15 is 0 Å². The lowest BCUT2D eigenvalue weighted by Gasteiger charge is -2.33. The van der Waals surface area contributed by atoms with Gasteiger partial charge in [-0.2, -0.15) is 4.98 Å². The fourth-order valence-corrected chi connectivity index (χ4v) is 3.64. The lowest BCUT2D eigenvalue weighted by atomic mass is 10.2. The molecular weight excluding hydrogens is 300 g/mol. The summed E-state index contributed by atoms with van der Waals surface area (Å²) in [6, 6.07) is 5.15. The van der Waals surface area contributed by atoms with Crippen LogP contribution in [0.2, 0.25) is 0 Å². The summed E-state index contributed by atoms with van der Waals surface area (Å²) in [5.74, 6) is 1.37. The number of rotatable bonds is 6. The van der Waals surface area contributed by atoms with Crippen LogP contribution in [0.15, 0.2) is 22.0 Å². The molecule has 1 saturated heterocycles. The average molecular weight is 320 g/mol. The number of nitrogens with zero attached hydrogens (tertiary/aromatic N) is 3. The van der Waals surface area contributed by atoms with Gasteiger partial charge in [-0.3, -0.25) is 4.90 Å². The van der Waals surface area contributed by atoms with Crippen molar-refractivity contribution >= 4 is 17.4 Å². The average Bonchev–Trinajstić information content (AvgIpc) is 3.08. The van der Waals surface area contributed by atoms with Crippen molar-refractivity contribution in [2.75, 3.05) is 38.2 Å². The largest absolute Gasteiger partial charge is 0.379 e. The molecule has 2 aromatic rings. The van der Waals surface area contributed by atoms with Gasteiger partial charge in [-0.05, 0) is 24.3 Å². The first-order chi connectivity index (χ1) is 10.9. The Morgan fingerprint density at radius 1 is 1.36 bits per heavy atom. The second-order valence-electron chi connectivity index (χ2n) is 5.79. The van der Waals surface area contributed by atoms with Gasteiger partial charge in [0.1, 0.15) is 0 Å². The molecule has 2 aromatic heterocycles. The van der Waals surface area contributed by atoms with Gasteiger partial charge in [0.15, 0.2) is 5.82 Å². The molecule has 2 aliphatic rings. The van der Waals surface area contributed by atoms with Crippen LogP contribution in [-0.4, -0.2) is 47.9 Å². The summed E-state index contributed by atoms with van der Waals surface area (Å²) in [5, 5.41) is 9.49. The van der Waals surface area contributed by atoms with Gasteiger partial charge in [0.25, 0.3) is 0 Å². The van der Waals surface area contributed by atoms with Crippen LogP contribution in [0, 0.1) is 0 Å². The van der Waals surface area contributed by atoms with E-state index in [9.17, 15) is 0 Å². The Kier molecular flexibility index (Phi) is 4.09. The Morgan fingerprint density at radius 2 is 2.23 bits per heavy atom. The van der Waals surface area contributed by atoms with Gasteiger partial charge >= 0.3 is 6.01 Å². The third-order valence-corrected chi connectivity index (χ3v) is 5.16. The second kappa shape index (κ2) is 6.36. The summed E-state index contributed by atoms with van der Waals surface area (Å²) < 4.78 is 10.8. The Morgan fingerprint density at radius 3 is 2.95 bits per heavy atom. The number of hydrogen-bond donors (Lipinski definition) is 1. The fourth-order valence-electron chi connectivity index (χ4n) is 2.78. The molecule has 1 N–H and O–H groups in total. The van der Waals surface area contributed by atoms with E-state index in [0.29, 0.717) is 18.0 Å². The van der Waals surface area contributed by atoms with Gasteiger partial charge in [-0.15, -0.1) is 11.3 Å². The number of hydrogen-bond acceptors (Lipinski definition) is 7. The highest BCUT2D eigenvalue weighted by Crippen LogP contribution is 2.38. The zero-order valence-corrected chi connectivity index (χ0v) is 13.2. The minimum atomic E-state index is 0.320. The molecule has 1 unspecified atom stereocenters. The predicted octanol–water partition coefficient (Wildman–Crippen LogP) is 2.49. The van der Waals surface area contributed by atoms with E-state index in [4.69, 9.17) is 9.26 Å². The number of nitrogens with one attached hydrogen (secondary N) is 1. The van der Waals surface area contributed by atoms with Crippen LogP contribution < -0.4 is 5.32 Å². The van der Waals surface area contributed by atoms with Crippen molar-refractivity contribution in [2.24, 2.45) is 0 Å². The smallest absolute Gasteiger partial charge is 0.321 e. The maximum absolute atomic E-state index is 5.47. The van der Waals surface area contributed by atoms with Crippen molar-refractivity contribution in [2.45, 2.75) is 24.8 Å². The minimum absolute atomic E-state index is 0.320. The Bertz CT molecular complexity index is 590. The van der Waals surface area contributed by atoms with Crippen LogP contribution in [0.5, 0.6) is 0 Å². The molecule has 6 nitrogen and oxygen atoms in total.